The lowest BCUT2D eigenvalue weighted by Crippen LogP contribution is -2.29. The number of carbonyl (C=O) groups is 1. The minimum Gasteiger partial charge on any atom is -0.504 e. The Bertz CT molecular complexity index is 684. The first kappa shape index (κ1) is 14.5. The summed E-state index contributed by atoms with van der Waals surface area (Å²) in [5, 5.41) is 23.2. The lowest BCUT2D eigenvalue weighted by Gasteiger charge is -2.14. The summed E-state index contributed by atoms with van der Waals surface area (Å²) >= 11 is 0. The topological polar surface area (TPSA) is 78.6 Å². The van der Waals surface area contributed by atoms with E-state index in [1.165, 1.54) is 35.1 Å². The van der Waals surface area contributed by atoms with Crippen LogP contribution in [0.2, 0.25) is 0 Å². The zero-order valence-corrected chi connectivity index (χ0v) is 11.8. The molecule has 116 valence electrons. The van der Waals surface area contributed by atoms with Gasteiger partial charge in [0.25, 0.3) is 5.91 Å². The number of hydrogen-bond acceptors (Lipinski definition) is 4. The Morgan fingerprint density at radius 3 is 2.73 bits per heavy atom. The van der Waals surface area contributed by atoms with Crippen LogP contribution in [-0.2, 0) is 0 Å². The number of nitrogens with zero attached hydrogens (tertiary/aromatic N) is 3. The van der Waals surface area contributed by atoms with E-state index in [-0.39, 0.29) is 35.7 Å². The van der Waals surface area contributed by atoms with E-state index in [1.54, 1.807) is 4.90 Å². The molecular weight excluding hydrogens is 289 g/mol. The standard InChI is InChI=1S/C15H16FN3O3/c16-11-1-3-12(4-2-11)19-8-13(21)14(17-19)15(22)18-6-5-10(7-18)9-20/h1-4,8,10,20-21H,5-7,9H2. The van der Waals surface area contributed by atoms with Gasteiger partial charge < -0.3 is 15.1 Å². The van der Waals surface area contributed by atoms with Crippen molar-refractivity contribution in [2.24, 2.45) is 5.92 Å². The number of aliphatic hydroxyl groups excluding tert-OH is 1. The molecule has 0 aliphatic carbocycles. The number of amides is 1. The first-order valence-electron chi connectivity index (χ1n) is 7.03. The molecule has 0 radical (unpaired) electrons. The Balaban J connectivity index is 1.83. The first-order chi connectivity index (χ1) is 10.6. The van der Waals surface area contributed by atoms with Gasteiger partial charge in [-0.1, -0.05) is 0 Å². The molecule has 1 fully saturated rings. The highest BCUT2D eigenvalue weighted by atomic mass is 19.1. The molecule has 1 unspecified atom stereocenters. The highest BCUT2D eigenvalue weighted by Gasteiger charge is 2.29. The molecule has 22 heavy (non-hydrogen) atoms. The van der Waals surface area contributed by atoms with Gasteiger partial charge in [0.2, 0.25) is 0 Å². The monoisotopic (exact) mass is 305 g/mol. The lowest BCUT2D eigenvalue weighted by molar-refractivity contribution is 0.0772. The molecule has 7 heteroatoms. The van der Waals surface area contributed by atoms with Crippen LogP contribution < -0.4 is 0 Å². The SMILES string of the molecule is O=C(c1nn(-c2ccc(F)cc2)cc1O)N1CCC(CO)C1. The Hall–Kier alpha value is -2.41. The van der Waals surface area contributed by atoms with Crippen molar-refractivity contribution in [2.45, 2.75) is 6.42 Å². The maximum Gasteiger partial charge on any atom is 0.278 e. The van der Waals surface area contributed by atoms with E-state index < -0.39 is 0 Å². The van der Waals surface area contributed by atoms with Crippen LogP contribution in [0.25, 0.3) is 5.69 Å². The molecule has 2 heterocycles. The van der Waals surface area contributed by atoms with Crippen molar-refractivity contribution in [3.63, 3.8) is 0 Å². The number of benzene rings is 1. The van der Waals surface area contributed by atoms with Gasteiger partial charge in [-0.3, -0.25) is 4.79 Å². The van der Waals surface area contributed by atoms with Crippen LogP contribution >= 0.6 is 0 Å². The van der Waals surface area contributed by atoms with E-state index in [2.05, 4.69) is 5.10 Å². The molecule has 1 saturated heterocycles. The molecule has 0 spiro atoms. The summed E-state index contributed by atoms with van der Waals surface area (Å²) in [7, 11) is 0. The van der Waals surface area contributed by atoms with Crippen molar-refractivity contribution in [3.8, 4) is 11.4 Å². The normalized spacial score (nSPS) is 17.9. The number of carbonyl (C=O) groups excluding carboxylic acids is 1. The lowest BCUT2D eigenvalue weighted by atomic mass is 10.1. The zero-order valence-electron chi connectivity index (χ0n) is 11.8. The van der Waals surface area contributed by atoms with E-state index in [9.17, 15) is 14.3 Å². The fourth-order valence-corrected chi connectivity index (χ4v) is 2.56. The number of aliphatic hydroxyl groups is 1. The van der Waals surface area contributed by atoms with Gasteiger partial charge in [-0.15, -0.1) is 0 Å². The van der Waals surface area contributed by atoms with Crippen LogP contribution in [0.1, 0.15) is 16.9 Å². The molecule has 2 aromatic rings. The summed E-state index contributed by atoms with van der Waals surface area (Å²) in [5.41, 5.74) is 0.508. The second-order valence-corrected chi connectivity index (χ2v) is 5.37. The number of aromatic nitrogens is 2. The summed E-state index contributed by atoms with van der Waals surface area (Å²) in [5.74, 6) is -0.884. The Morgan fingerprint density at radius 2 is 2.09 bits per heavy atom. The summed E-state index contributed by atoms with van der Waals surface area (Å²) in [4.78, 5) is 13.9. The van der Waals surface area contributed by atoms with Gasteiger partial charge in [-0.25, -0.2) is 9.07 Å². The van der Waals surface area contributed by atoms with Gasteiger partial charge in [-0.05, 0) is 30.7 Å². The van der Waals surface area contributed by atoms with E-state index in [1.807, 2.05) is 0 Å². The predicted molar refractivity (Wildman–Crippen MR) is 76.3 cm³/mol. The third-order valence-electron chi connectivity index (χ3n) is 3.82. The van der Waals surface area contributed by atoms with Crippen LogP contribution in [0.4, 0.5) is 4.39 Å². The summed E-state index contributed by atoms with van der Waals surface area (Å²) in [6.45, 7) is 1.03. The smallest absolute Gasteiger partial charge is 0.278 e. The van der Waals surface area contributed by atoms with Gasteiger partial charge in [0, 0.05) is 25.6 Å². The Kier molecular flexibility index (Phi) is 3.81. The van der Waals surface area contributed by atoms with Gasteiger partial charge in [-0.2, -0.15) is 5.10 Å². The second kappa shape index (κ2) is 5.76. The number of rotatable bonds is 3. The van der Waals surface area contributed by atoms with Crippen LogP contribution in [0.15, 0.2) is 30.5 Å². The number of hydrogen-bond donors (Lipinski definition) is 2. The summed E-state index contributed by atoms with van der Waals surface area (Å²) < 4.78 is 14.3. The predicted octanol–water partition coefficient (Wildman–Crippen LogP) is 1.17. The van der Waals surface area contributed by atoms with Crippen molar-refractivity contribution < 1.29 is 19.4 Å². The van der Waals surface area contributed by atoms with Crippen LogP contribution in [0, 0.1) is 11.7 Å². The molecular formula is C15H16FN3O3. The molecule has 2 N–H and O–H groups in total. The molecule has 1 aliphatic rings. The molecule has 3 rings (SSSR count). The van der Waals surface area contributed by atoms with Crippen molar-refractivity contribution in [2.75, 3.05) is 19.7 Å². The molecule has 1 aliphatic heterocycles. The summed E-state index contributed by atoms with van der Waals surface area (Å²) in [6, 6.07) is 5.57. The fourth-order valence-electron chi connectivity index (χ4n) is 2.56. The molecule has 0 bridgehead atoms. The second-order valence-electron chi connectivity index (χ2n) is 5.37. The van der Waals surface area contributed by atoms with E-state index in [4.69, 9.17) is 5.11 Å². The average molecular weight is 305 g/mol. The van der Waals surface area contributed by atoms with Crippen molar-refractivity contribution in [1.29, 1.82) is 0 Å². The van der Waals surface area contributed by atoms with Crippen LogP contribution in [-0.4, -0.2) is 50.5 Å². The maximum absolute atomic E-state index is 12.9. The van der Waals surface area contributed by atoms with Crippen molar-refractivity contribution >= 4 is 5.91 Å². The summed E-state index contributed by atoms with van der Waals surface area (Å²) in [6.07, 6.45) is 2.06. The first-order valence-corrected chi connectivity index (χ1v) is 7.03. The zero-order chi connectivity index (χ0) is 15.7. The molecule has 1 aromatic carbocycles. The van der Waals surface area contributed by atoms with E-state index >= 15 is 0 Å². The van der Waals surface area contributed by atoms with Crippen LogP contribution in [0.5, 0.6) is 5.75 Å². The quantitative estimate of drug-likeness (QED) is 0.892. The Labute approximate surface area is 126 Å². The third-order valence-corrected chi connectivity index (χ3v) is 3.82. The van der Waals surface area contributed by atoms with Gasteiger partial charge >= 0.3 is 0 Å². The fraction of sp³-hybridized carbons (Fsp3) is 0.333. The minimum atomic E-state index is -0.372. The number of likely N-dealkylation sites (tertiary alicyclic amines) is 1. The number of aromatic hydroxyl groups is 1. The largest absolute Gasteiger partial charge is 0.504 e. The molecule has 0 saturated carbocycles. The van der Waals surface area contributed by atoms with E-state index in [0.29, 0.717) is 18.8 Å². The van der Waals surface area contributed by atoms with E-state index in [0.717, 1.165) is 6.42 Å². The molecule has 1 amide bonds. The maximum atomic E-state index is 12.9. The molecule has 6 nitrogen and oxygen atoms in total. The number of halogens is 1. The Morgan fingerprint density at radius 1 is 1.36 bits per heavy atom. The third kappa shape index (κ3) is 2.67. The molecule has 1 aromatic heterocycles. The highest BCUT2D eigenvalue weighted by Crippen LogP contribution is 2.23. The highest BCUT2D eigenvalue weighted by molar-refractivity contribution is 5.95. The van der Waals surface area contributed by atoms with Crippen LogP contribution in [0.3, 0.4) is 0 Å². The molecule has 1 atom stereocenters. The van der Waals surface area contributed by atoms with Gasteiger partial charge in [0.15, 0.2) is 11.4 Å². The minimum absolute atomic E-state index is 0.0390. The van der Waals surface area contributed by atoms with Crippen molar-refractivity contribution in [3.05, 3.63) is 42.0 Å². The average Bonchev–Trinajstić information content (AvgIpc) is 3.14. The van der Waals surface area contributed by atoms with Gasteiger partial charge in [0.1, 0.15) is 5.82 Å². The van der Waals surface area contributed by atoms with Crippen molar-refractivity contribution in [1.82, 2.24) is 14.7 Å². The van der Waals surface area contributed by atoms with Gasteiger partial charge in [0.05, 0.1) is 11.9 Å².